The van der Waals surface area contributed by atoms with Crippen LogP contribution >= 0.6 is 0 Å². The number of hydrogen-bond donors (Lipinski definition) is 0. The monoisotopic (exact) mass is 423 g/mol. The van der Waals surface area contributed by atoms with E-state index in [2.05, 4.69) is 73.0 Å². The first-order valence-corrected chi connectivity index (χ1v) is 11.2. The number of aromatic nitrogens is 4. The van der Waals surface area contributed by atoms with Crippen LogP contribution in [0.3, 0.4) is 0 Å². The average Bonchev–Trinajstić information content (AvgIpc) is 3.61. The normalized spacial score (nSPS) is 18.5. The SMILES string of the molecule is c1ccc(C2=NN(c3ccccc3)C(Cn3cnc4c(N5CCCC5)ncnc43)C2)cc1. The van der Waals surface area contributed by atoms with Crippen LogP contribution in [0.25, 0.3) is 11.2 Å². The number of hydrazone groups is 1. The van der Waals surface area contributed by atoms with Crippen molar-refractivity contribution in [2.75, 3.05) is 23.0 Å². The summed E-state index contributed by atoms with van der Waals surface area (Å²) >= 11 is 0. The molecule has 1 atom stereocenters. The molecule has 0 aliphatic carbocycles. The molecule has 4 aromatic rings. The number of hydrogen-bond acceptors (Lipinski definition) is 6. The maximum absolute atomic E-state index is 5.03. The Morgan fingerprint density at radius 1 is 0.844 bits per heavy atom. The lowest BCUT2D eigenvalue weighted by Crippen LogP contribution is -2.30. The minimum Gasteiger partial charge on any atom is -0.355 e. The van der Waals surface area contributed by atoms with Gasteiger partial charge in [0.2, 0.25) is 0 Å². The summed E-state index contributed by atoms with van der Waals surface area (Å²) in [5.74, 6) is 0.957. The van der Waals surface area contributed by atoms with Crippen LogP contribution in [0.15, 0.2) is 78.4 Å². The van der Waals surface area contributed by atoms with Crippen molar-refractivity contribution in [3.05, 3.63) is 78.9 Å². The molecule has 0 amide bonds. The predicted molar refractivity (Wildman–Crippen MR) is 127 cm³/mol. The minimum atomic E-state index is 0.176. The fourth-order valence-electron chi connectivity index (χ4n) is 4.75. The van der Waals surface area contributed by atoms with Gasteiger partial charge in [0.25, 0.3) is 0 Å². The number of nitrogens with zero attached hydrogens (tertiary/aromatic N) is 7. The van der Waals surface area contributed by atoms with Gasteiger partial charge < -0.3 is 9.47 Å². The molecule has 2 aromatic carbocycles. The van der Waals surface area contributed by atoms with E-state index in [0.717, 1.165) is 54.4 Å². The smallest absolute Gasteiger partial charge is 0.165 e. The number of para-hydroxylation sites is 1. The molecule has 0 bridgehead atoms. The predicted octanol–water partition coefficient (Wildman–Crippen LogP) is 4.11. The van der Waals surface area contributed by atoms with Crippen molar-refractivity contribution in [2.45, 2.75) is 31.8 Å². The molecule has 2 aliphatic heterocycles. The highest BCUT2D eigenvalue weighted by Gasteiger charge is 2.30. The Morgan fingerprint density at radius 2 is 1.59 bits per heavy atom. The van der Waals surface area contributed by atoms with Crippen molar-refractivity contribution in [1.29, 1.82) is 0 Å². The van der Waals surface area contributed by atoms with E-state index in [4.69, 9.17) is 10.1 Å². The quantitative estimate of drug-likeness (QED) is 0.483. The van der Waals surface area contributed by atoms with E-state index < -0.39 is 0 Å². The van der Waals surface area contributed by atoms with Crippen LogP contribution in [0.4, 0.5) is 11.5 Å². The Bertz CT molecular complexity index is 1240. The summed E-state index contributed by atoms with van der Waals surface area (Å²) in [5.41, 5.74) is 5.16. The summed E-state index contributed by atoms with van der Waals surface area (Å²) in [6.45, 7) is 2.83. The molecule has 7 nitrogen and oxygen atoms in total. The highest BCUT2D eigenvalue weighted by Crippen LogP contribution is 2.29. The number of rotatable bonds is 5. The molecule has 0 N–H and O–H groups in total. The first-order chi connectivity index (χ1) is 15.9. The Morgan fingerprint density at radius 3 is 2.38 bits per heavy atom. The molecule has 2 aromatic heterocycles. The Kier molecular flexibility index (Phi) is 4.79. The lowest BCUT2D eigenvalue weighted by Gasteiger charge is -2.24. The Hall–Kier alpha value is -3.74. The topological polar surface area (TPSA) is 62.4 Å². The maximum atomic E-state index is 5.03. The highest BCUT2D eigenvalue weighted by molar-refractivity contribution is 6.03. The average molecular weight is 424 g/mol. The standard InChI is InChI=1S/C25H25N7/c1-3-9-19(10-4-1)22-15-21(32(29-22)20-11-5-2-6-12-20)16-31-18-28-23-24(26-17-27-25(23)31)30-13-7-8-14-30/h1-6,9-12,17-18,21H,7-8,13-16H2. The van der Waals surface area contributed by atoms with Crippen LogP contribution in [-0.4, -0.2) is 44.4 Å². The number of imidazole rings is 1. The molecule has 160 valence electrons. The maximum Gasteiger partial charge on any atom is 0.165 e. The van der Waals surface area contributed by atoms with Crippen LogP contribution < -0.4 is 9.91 Å². The van der Waals surface area contributed by atoms with E-state index in [1.807, 2.05) is 18.5 Å². The third kappa shape index (κ3) is 3.39. The van der Waals surface area contributed by atoms with Gasteiger partial charge in [0.15, 0.2) is 17.0 Å². The fraction of sp³-hybridized carbons (Fsp3) is 0.280. The largest absolute Gasteiger partial charge is 0.355 e. The van der Waals surface area contributed by atoms with Crippen molar-refractivity contribution in [3.8, 4) is 0 Å². The van der Waals surface area contributed by atoms with Crippen LogP contribution in [0.5, 0.6) is 0 Å². The van der Waals surface area contributed by atoms with Crippen LogP contribution in [0, 0.1) is 0 Å². The summed E-state index contributed by atoms with van der Waals surface area (Å²) in [7, 11) is 0. The van der Waals surface area contributed by atoms with Crippen LogP contribution in [-0.2, 0) is 6.54 Å². The third-order valence-electron chi connectivity index (χ3n) is 6.33. The molecule has 4 heterocycles. The molecule has 1 unspecified atom stereocenters. The molecule has 1 fully saturated rings. The van der Waals surface area contributed by atoms with Gasteiger partial charge in [-0.1, -0.05) is 48.5 Å². The van der Waals surface area contributed by atoms with Crippen molar-refractivity contribution in [3.63, 3.8) is 0 Å². The summed E-state index contributed by atoms with van der Waals surface area (Å²) < 4.78 is 2.15. The number of fused-ring (bicyclic) bond motifs is 1. The zero-order chi connectivity index (χ0) is 21.3. The summed E-state index contributed by atoms with van der Waals surface area (Å²) in [6.07, 6.45) is 6.86. The van der Waals surface area contributed by atoms with Crippen molar-refractivity contribution < 1.29 is 0 Å². The fourth-order valence-corrected chi connectivity index (χ4v) is 4.75. The van der Waals surface area contributed by atoms with Gasteiger partial charge in [-0.3, -0.25) is 5.01 Å². The molecule has 0 radical (unpaired) electrons. The summed E-state index contributed by atoms with van der Waals surface area (Å²) in [4.78, 5) is 16.2. The van der Waals surface area contributed by atoms with Crippen LogP contribution in [0.1, 0.15) is 24.8 Å². The second-order valence-electron chi connectivity index (χ2n) is 8.41. The Balaban J connectivity index is 1.34. The van der Waals surface area contributed by atoms with E-state index in [-0.39, 0.29) is 6.04 Å². The van der Waals surface area contributed by atoms with Gasteiger partial charge >= 0.3 is 0 Å². The van der Waals surface area contributed by atoms with Gasteiger partial charge in [-0.15, -0.1) is 0 Å². The minimum absolute atomic E-state index is 0.176. The van der Waals surface area contributed by atoms with Gasteiger partial charge in [-0.25, -0.2) is 15.0 Å². The molecule has 7 heteroatoms. The van der Waals surface area contributed by atoms with Crippen LogP contribution in [0.2, 0.25) is 0 Å². The Labute approximate surface area is 187 Å². The molecule has 0 saturated carbocycles. The van der Waals surface area contributed by atoms with Crippen molar-refractivity contribution in [1.82, 2.24) is 19.5 Å². The zero-order valence-corrected chi connectivity index (χ0v) is 17.9. The highest BCUT2D eigenvalue weighted by atomic mass is 15.5. The van der Waals surface area contributed by atoms with Gasteiger partial charge in [-0.2, -0.15) is 5.10 Å². The number of benzene rings is 2. The van der Waals surface area contributed by atoms with E-state index in [1.165, 1.54) is 18.4 Å². The second-order valence-corrected chi connectivity index (χ2v) is 8.41. The van der Waals surface area contributed by atoms with Gasteiger partial charge in [0, 0.05) is 26.1 Å². The molecule has 6 rings (SSSR count). The molecule has 1 saturated heterocycles. The zero-order valence-electron chi connectivity index (χ0n) is 17.9. The van der Waals surface area contributed by atoms with Gasteiger partial charge in [-0.05, 0) is 30.5 Å². The van der Waals surface area contributed by atoms with Crippen molar-refractivity contribution >= 4 is 28.4 Å². The van der Waals surface area contributed by atoms with Crippen molar-refractivity contribution in [2.24, 2.45) is 5.10 Å². The first kappa shape index (κ1) is 19.0. The third-order valence-corrected chi connectivity index (χ3v) is 6.33. The molecule has 2 aliphatic rings. The molecule has 0 spiro atoms. The van der Waals surface area contributed by atoms with E-state index in [1.54, 1.807) is 6.33 Å². The summed E-state index contributed by atoms with van der Waals surface area (Å²) in [5, 5.41) is 7.18. The van der Waals surface area contributed by atoms with Gasteiger partial charge in [0.1, 0.15) is 6.33 Å². The summed E-state index contributed by atoms with van der Waals surface area (Å²) in [6, 6.07) is 21.0. The van der Waals surface area contributed by atoms with E-state index >= 15 is 0 Å². The number of anilines is 2. The molecular weight excluding hydrogens is 398 g/mol. The lowest BCUT2D eigenvalue weighted by atomic mass is 10.0. The van der Waals surface area contributed by atoms with Gasteiger partial charge in [0.05, 0.1) is 23.8 Å². The molecular formula is C25H25N7. The second kappa shape index (κ2) is 8.07. The van der Waals surface area contributed by atoms with E-state index in [0.29, 0.717) is 0 Å². The van der Waals surface area contributed by atoms with E-state index in [9.17, 15) is 0 Å². The molecule has 32 heavy (non-hydrogen) atoms. The first-order valence-electron chi connectivity index (χ1n) is 11.2. The lowest BCUT2D eigenvalue weighted by molar-refractivity contribution is 0.555.